The highest BCUT2D eigenvalue weighted by Crippen LogP contribution is 2.14. The number of esters is 1. The molecule has 0 spiro atoms. The van der Waals surface area contributed by atoms with Crippen molar-refractivity contribution in [2.75, 3.05) is 25.2 Å². The fraction of sp³-hybridized carbons (Fsp3) is 0.211. The van der Waals surface area contributed by atoms with Gasteiger partial charge >= 0.3 is 5.97 Å². The third kappa shape index (κ3) is 5.63. The van der Waals surface area contributed by atoms with Gasteiger partial charge in [-0.1, -0.05) is 12.1 Å². The summed E-state index contributed by atoms with van der Waals surface area (Å²) in [6, 6.07) is 13.8. The number of thioether (sulfide) groups is 1. The molecule has 0 saturated carbocycles. The predicted molar refractivity (Wildman–Crippen MR) is 102 cm³/mol. The summed E-state index contributed by atoms with van der Waals surface area (Å²) in [5.41, 5.74) is 2.69. The summed E-state index contributed by atoms with van der Waals surface area (Å²) in [6.45, 7) is -0.194. The van der Waals surface area contributed by atoms with Crippen molar-refractivity contribution in [3.63, 3.8) is 0 Å². The molecule has 0 saturated heterocycles. The Labute approximate surface area is 156 Å². The van der Waals surface area contributed by atoms with Crippen LogP contribution in [0.5, 0.6) is 0 Å². The number of ether oxygens (including phenoxy) is 1. The molecule has 0 aliphatic carbocycles. The number of amides is 2. The zero-order valence-electron chi connectivity index (χ0n) is 14.6. The Bertz CT molecular complexity index is 773. The van der Waals surface area contributed by atoms with Gasteiger partial charge in [0.05, 0.1) is 7.11 Å². The van der Waals surface area contributed by atoms with Crippen LogP contribution in [-0.2, 0) is 15.3 Å². The molecule has 0 fully saturated rings. The lowest BCUT2D eigenvalue weighted by Crippen LogP contribution is -2.30. The molecule has 2 rings (SSSR count). The molecule has 0 aliphatic rings. The average Bonchev–Trinajstić information content (AvgIpc) is 2.67. The van der Waals surface area contributed by atoms with Gasteiger partial charge in [-0.3, -0.25) is 14.4 Å². The van der Waals surface area contributed by atoms with E-state index in [4.69, 9.17) is 0 Å². The molecule has 2 aromatic carbocycles. The first-order chi connectivity index (χ1) is 12.5. The molecule has 2 amide bonds. The van der Waals surface area contributed by atoms with Crippen molar-refractivity contribution in [2.45, 2.75) is 5.75 Å². The minimum absolute atomic E-state index is 0.194. The highest BCUT2D eigenvalue weighted by molar-refractivity contribution is 7.97. The zero-order valence-corrected chi connectivity index (χ0v) is 15.4. The van der Waals surface area contributed by atoms with E-state index >= 15 is 0 Å². The smallest absolute Gasteiger partial charge is 0.325 e. The van der Waals surface area contributed by atoms with E-state index < -0.39 is 11.9 Å². The van der Waals surface area contributed by atoms with Crippen LogP contribution in [0.3, 0.4) is 0 Å². The third-order valence-corrected chi connectivity index (χ3v) is 4.18. The van der Waals surface area contributed by atoms with Gasteiger partial charge in [0.2, 0.25) is 0 Å². The van der Waals surface area contributed by atoms with Crippen LogP contribution in [-0.4, -0.2) is 37.7 Å². The van der Waals surface area contributed by atoms with Gasteiger partial charge < -0.3 is 15.4 Å². The standard InChI is InChI=1S/C19H20N2O4S/c1-25-17(22)11-20-18(23)14-7-9-16(10-8-14)21-19(24)15-5-3-13(4-6-15)12-26-2/h3-10H,11-12H2,1-2H3,(H,20,23)(H,21,24). The molecule has 0 aliphatic heterocycles. The molecule has 0 atom stereocenters. The molecule has 136 valence electrons. The Kier molecular flexibility index (Phi) is 7.23. The van der Waals surface area contributed by atoms with Crippen molar-refractivity contribution >= 4 is 35.2 Å². The van der Waals surface area contributed by atoms with Crippen molar-refractivity contribution in [2.24, 2.45) is 0 Å². The molecule has 0 bridgehead atoms. The van der Waals surface area contributed by atoms with Crippen LogP contribution in [0.25, 0.3) is 0 Å². The quantitative estimate of drug-likeness (QED) is 0.730. The zero-order chi connectivity index (χ0) is 18.9. The number of methoxy groups -OCH3 is 1. The number of anilines is 1. The Balaban J connectivity index is 1.94. The SMILES string of the molecule is COC(=O)CNC(=O)c1ccc(NC(=O)c2ccc(CSC)cc2)cc1. The Morgan fingerprint density at radius 1 is 0.923 bits per heavy atom. The summed E-state index contributed by atoms with van der Waals surface area (Å²) in [4.78, 5) is 35.2. The van der Waals surface area contributed by atoms with Crippen LogP contribution in [0.2, 0.25) is 0 Å². The highest BCUT2D eigenvalue weighted by Gasteiger charge is 2.09. The molecule has 0 unspecified atom stereocenters. The van der Waals surface area contributed by atoms with Gasteiger partial charge in [0, 0.05) is 22.6 Å². The summed E-state index contributed by atoms with van der Waals surface area (Å²) < 4.78 is 4.46. The van der Waals surface area contributed by atoms with E-state index in [2.05, 4.69) is 15.4 Å². The Morgan fingerprint density at radius 3 is 2.08 bits per heavy atom. The normalized spacial score (nSPS) is 10.1. The number of benzene rings is 2. The summed E-state index contributed by atoms with van der Waals surface area (Å²) in [5, 5.41) is 5.23. The topological polar surface area (TPSA) is 84.5 Å². The molecule has 0 aromatic heterocycles. The maximum atomic E-state index is 12.3. The monoisotopic (exact) mass is 372 g/mol. The second-order valence-electron chi connectivity index (χ2n) is 5.42. The highest BCUT2D eigenvalue weighted by atomic mass is 32.2. The van der Waals surface area contributed by atoms with Crippen LogP contribution in [0, 0.1) is 0 Å². The summed E-state index contributed by atoms with van der Waals surface area (Å²) in [6.07, 6.45) is 2.03. The van der Waals surface area contributed by atoms with E-state index in [1.165, 1.54) is 7.11 Å². The van der Waals surface area contributed by atoms with Crippen LogP contribution < -0.4 is 10.6 Å². The molecule has 0 heterocycles. The first-order valence-corrected chi connectivity index (χ1v) is 9.27. The molecule has 7 heteroatoms. The number of carbonyl (C=O) groups excluding carboxylic acids is 3. The lowest BCUT2D eigenvalue weighted by atomic mass is 10.1. The van der Waals surface area contributed by atoms with Gasteiger partial charge in [-0.15, -0.1) is 0 Å². The lowest BCUT2D eigenvalue weighted by Gasteiger charge is -2.08. The van der Waals surface area contributed by atoms with Gasteiger partial charge in [-0.2, -0.15) is 11.8 Å². The number of rotatable bonds is 7. The predicted octanol–water partition coefficient (Wildman–Crippen LogP) is 2.70. The molecule has 2 aromatic rings. The van der Waals surface area contributed by atoms with Crippen molar-refractivity contribution in [1.82, 2.24) is 5.32 Å². The molecule has 2 N–H and O–H groups in total. The molecule has 6 nitrogen and oxygen atoms in total. The van der Waals surface area contributed by atoms with E-state index in [9.17, 15) is 14.4 Å². The largest absolute Gasteiger partial charge is 0.468 e. The summed E-state index contributed by atoms with van der Waals surface area (Å²) in [7, 11) is 1.25. The van der Waals surface area contributed by atoms with Crippen molar-refractivity contribution in [3.05, 3.63) is 65.2 Å². The fourth-order valence-electron chi connectivity index (χ4n) is 2.15. The van der Waals surface area contributed by atoms with Crippen molar-refractivity contribution in [3.8, 4) is 0 Å². The maximum Gasteiger partial charge on any atom is 0.325 e. The van der Waals surface area contributed by atoms with Gasteiger partial charge in [-0.05, 0) is 48.2 Å². The first-order valence-electron chi connectivity index (χ1n) is 7.88. The van der Waals surface area contributed by atoms with Crippen LogP contribution in [0.1, 0.15) is 26.3 Å². The Morgan fingerprint density at radius 2 is 1.50 bits per heavy atom. The molecular formula is C19H20N2O4S. The van der Waals surface area contributed by atoms with Gasteiger partial charge in [0.25, 0.3) is 11.8 Å². The van der Waals surface area contributed by atoms with E-state index in [0.717, 1.165) is 11.3 Å². The Hall–Kier alpha value is -2.80. The molecule has 26 heavy (non-hydrogen) atoms. The van der Waals surface area contributed by atoms with Crippen LogP contribution in [0.15, 0.2) is 48.5 Å². The van der Waals surface area contributed by atoms with Gasteiger partial charge in [-0.25, -0.2) is 0 Å². The first kappa shape index (κ1) is 19.5. The van der Waals surface area contributed by atoms with Gasteiger partial charge in [0.15, 0.2) is 0 Å². The number of hydrogen-bond acceptors (Lipinski definition) is 5. The van der Waals surface area contributed by atoms with E-state index in [-0.39, 0.29) is 12.5 Å². The summed E-state index contributed by atoms with van der Waals surface area (Å²) >= 11 is 1.72. The number of nitrogens with one attached hydrogen (secondary N) is 2. The lowest BCUT2D eigenvalue weighted by molar-refractivity contribution is -0.139. The molecular weight excluding hydrogens is 352 g/mol. The third-order valence-electron chi connectivity index (χ3n) is 3.55. The maximum absolute atomic E-state index is 12.3. The van der Waals surface area contributed by atoms with Crippen molar-refractivity contribution in [1.29, 1.82) is 0 Å². The second kappa shape index (κ2) is 9.62. The van der Waals surface area contributed by atoms with E-state index in [1.807, 2.05) is 18.4 Å². The average molecular weight is 372 g/mol. The fourth-order valence-corrected chi connectivity index (χ4v) is 2.68. The van der Waals surface area contributed by atoms with Crippen LogP contribution in [0.4, 0.5) is 5.69 Å². The van der Waals surface area contributed by atoms with E-state index in [0.29, 0.717) is 16.8 Å². The van der Waals surface area contributed by atoms with Gasteiger partial charge in [0.1, 0.15) is 6.54 Å². The van der Waals surface area contributed by atoms with Crippen LogP contribution >= 0.6 is 11.8 Å². The summed E-state index contributed by atoms with van der Waals surface area (Å²) in [5.74, 6) is -0.228. The van der Waals surface area contributed by atoms with Crippen molar-refractivity contribution < 1.29 is 19.1 Å². The molecule has 0 radical (unpaired) electrons. The van der Waals surface area contributed by atoms with E-state index in [1.54, 1.807) is 48.2 Å². The second-order valence-corrected chi connectivity index (χ2v) is 6.29. The minimum atomic E-state index is -0.522. The minimum Gasteiger partial charge on any atom is -0.468 e. The number of carbonyl (C=O) groups is 3. The number of hydrogen-bond donors (Lipinski definition) is 2.